The van der Waals surface area contributed by atoms with Crippen LogP contribution in [0.4, 0.5) is 11.6 Å². The first-order valence-electron chi connectivity index (χ1n) is 9.74. The van der Waals surface area contributed by atoms with E-state index in [1.165, 1.54) is 9.13 Å². The van der Waals surface area contributed by atoms with Crippen LogP contribution in [0.1, 0.15) is 5.56 Å². The third-order valence-corrected chi connectivity index (χ3v) is 5.55. The van der Waals surface area contributed by atoms with Crippen LogP contribution in [-0.2, 0) is 20.1 Å². The highest BCUT2D eigenvalue weighted by Crippen LogP contribution is 2.33. The molecule has 0 saturated heterocycles. The average molecular weight is 403 g/mol. The lowest BCUT2D eigenvalue weighted by molar-refractivity contribution is 0.415. The fraction of sp³-hybridized carbons (Fsp3) is 0.227. The molecule has 0 aliphatic carbocycles. The van der Waals surface area contributed by atoms with E-state index >= 15 is 0 Å². The number of nitrogens with zero attached hydrogens (tertiary/aromatic N) is 5. The average Bonchev–Trinajstić information content (AvgIpc) is 3.35. The van der Waals surface area contributed by atoms with Crippen molar-refractivity contribution < 1.29 is 4.74 Å². The van der Waals surface area contributed by atoms with Crippen molar-refractivity contribution in [1.82, 2.24) is 18.7 Å². The summed E-state index contributed by atoms with van der Waals surface area (Å²) in [6.07, 6.45) is 0. The van der Waals surface area contributed by atoms with Crippen LogP contribution in [0, 0.1) is 0 Å². The predicted molar refractivity (Wildman–Crippen MR) is 115 cm³/mol. The Hall–Kier alpha value is -3.81. The maximum Gasteiger partial charge on any atom is 0.332 e. The summed E-state index contributed by atoms with van der Waals surface area (Å²) in [5.41, 5.74) is 1.99. The fourth-order valence-corrected chi connectivity index (χ4v) is 4.01. The second kappa shape index (κ2) is 6.91. The van der Waals surface area contributed by atoms with E-state index in [1.807, 2.05) is 64.1 Å². The Balaban J connectivity index is 1.67. The SMILES string of the molecule is COc1cccc(N2CCn3c2nc2c3c(=O)n(Cc3ccccc3)c(=O)n2C)c1. The van der Waals surface area contributed by atoms with Gasteiger partial charge in [0.1, 0.15) is 5.75 Å². The Bertz CT molecular complexity index is 1370. The molecule has 0 radical (unpaired) electrons. The van der Waals surface area contributed by atoms with Crippen molar-refractivity contribution in [3.8, 4) is 5.75 Å². The van der Waals surface area contributed by atoms with Gasteiger partial charge in [0.05, 0.1) is 13.7 Å². The van der Waals surface area contributed by atoms with Crippen LogP contribution in [0.2, 0.25) is 0 Å². The van der Waals surface area contributed by atoms with Crippen LogP contribution in [0.15, 0.2) is 64.2 Å². The van der Waals surface area contributed by atoms with Crippen molar-refractivity contribution in [1.29, 1.82) is 0 Å². The molecule has 0 bridgehead atoms. The number of aromatic nitrogens is 4. The summed E-state index contributed by atoms with van der Waals surface area (Å²) in [5.74, 6) is 1.41. The van der Waals surface area contributed by atoms with Crippen LogP contribution in [-0.4, -0.2) is 32.3 Å². The summed E-state index contributed by atoms with van der Waals surface area (Å²) in [4.78, 5) is 32.9. The minimum Gasteiger partial charge on any atom is -0.497 e. The molecule has 0 atom stereocenters. The molecule has 0 saturated carbocycles. The van der Waals surface area contributed by atoms with Gasteiger partial charge < -0.3 is 14.2 Å². The standard InChI is InChI=1S/C22H21N5O3/c1-24-19-18(20(28)27(22(24)29)14-15-7-4-3-5-8-15)26-12-11-25(21(26)23-19)16-9-6-10-17(13-16)30-2/h3-10,13H,11-12,14H2,1-2H3. The third kappa shape index (κ3) is 2.72. The number of rotatable bonds is 4. The zero-order chi connectivity index (χ0) is 20.8. The molecule has 2 aromatic carbocycles. The number of methoxy groups -OCH3 is 1. The van der Waals surface area contributed by atoms with Gasteiger partial charge in [0.25, 0.3) is 5.56 Å². The highest BCUT2D eigenvalue weighted by Gasteiger charge is 2.28. The maximum absolute atomic E-state index is 13.3. The van der Waals surface area contributed by atoms with Crippen LogP contribution in [0.5, 0.6) is 5.75 Å². The van der Waals surface area contributed by atoms with E-state index in [2.05, 4.69) is 4.98 Å². The zero-order valence-electron chi connectivity index (χ0n) is 16.8. The van der Waals surface area contributed by atoms with E-state index in [9.17, 15) is 9.59 Å². The second-order valence-corrected chi connectivity index (χ2v) is 7.31. The summed E-state index contributed by atoms with van der Waals surface area (Å²) in [5, 5.41) is 0. The van der Waals surface area contributed by atoms with Gasteiger partial charge in [-0.3, -0.25) is 13.9 Å². The molecule has 152 valence electrons. The number of anilines is 2. The molecule has 8 heteroatoms. The molecule has 1 aliphatic rings. The van der Waals surface area contributed by atoms with Crippen molar-refractivity contribution in [3.63, 3.8) is 0 Å². The second-order valence-electron chi connectivity index (χ2n) is 7.31. The Morgan fingerprint density at radius 1 is 1.03 bits per heavy atom. The molecule has 0 N–H and O–H groups in total. The van der Waals surface area contributed by atoms with Gasteiger partial charge in [0.2, 0.25) is 5.95 Å². The molecule has 0 amide bonds. The molecule has 1 aliphatic heterocycles. The van der Waals surface area contributed by atoms with Gasteiger partial charge in [0, 0.05) is 31.9 Å². The molecule has 30 heavy (non-hydrogen) atoms. The van der Waals surface area contributed by atoms with Crippen LogP contribution in [0.3, 0.4) is 0 Å². The third-order valence-electron chi connectivity index (χ3n) is 5.55. The molecule has 0 unspecified atom stereocenters. The Kier molecular flexibility index (Phi) is 4.20. The number of aryl methyl sites for hydroxylation is 1. The maximum atomic E-state index is 13.3. The number of hydrogen-bond donors (Lipinski definition) is 0. The lowest BCUT2D eigenvalue weighted by Gasteiger charge is -2.16. The molecule has 5 rings (SSSR count). The molecule has 2 aromatic heterocycles. The minimum absolute atomic E-state index is 0.225. The van der Waals surface area contributed by atoms with E-state index in [0.29, 0.717) is 30.2 Å². The molecule has 8 nitrogen and oxygen atoms in total. The van der Waals surface area contributed by atoms with Gasteiger partial charge in [-0.05, 0) is 17.7 Å². The van der Waals surface area contributed by atoms with Gasteiger partial charge in [0.15, 0.2) is 11.2 Å². The summed E-state index contributed by atoms with van der Waals surface area (Å²) in [7, 11) is 3.29. The Labute approximate surface area is 172 Å². The highest BCUT2D eigenvalue weighted by molar-refractivity contribution is 5.78. The van der Waals surface area contributed by atoms with Gasteiger partial charge >= 0.3 is 5.69 Å². The number of benzene rings is 2. The van der Waals surface area contributed by atoms with E-state index in [4.69, 9.17) is 4.74 Å². The van der Waals surface area contributed by atoms with Gasteiger partial charge in [-0.25, -0.2) is 4.79 Å². The van der Waals surface area contributed by atoms with Crippen LogP contribution < -0.4 is 20.9 Å². The quantitative estimate of drug-likeness (QED) is 0.522. The smallest absolute Gasteiger partial charge is 0.332 e. The number of imidazole rings is 1. The first kappa shape index (κ1) is 18.2. The van der Waals surface area contributed by atoms with Crippen molar-refractivity contribution in [2.75, 3.05) is 18.6 Å². The summed E-state index contributed by atoms with van der Waals surface area (Å²) < 4.78 is 9.97. The lowest BCUT2D eigenvalue weighted by Crippen LogP contribution is -2.40. The van der Waals surface area contributed by atoms with Crippen molar-refractivity contribution >= 4 is 22.8 Å². The highest BCUT2D eigenvalue weighted by atomic mass is 16.5. The lowest BCUT2D eigenvalue weighted by atomic mass is 10.2. The van der Waals surface area contributed by atoms with Crippen molar-refractivity contribution in [2.24, 2.45) is 7.05 Å². The summed E-state index contributed by atoms with van der Waals surface area (Å²) in [6.45, 7) is 1.52. The first-order valence-corrected chi connectivity index (χ1v) is 9.74. The molecule has 0 fully saturated rings. The van der Waals surface area contributed by atoms with E-state index in [-0.39, 0.29) is 17.8 Å². The molecule has 4 aromatic rings. The molecular formula is C22H21N5O3. The largest absolute Gasteiger partial charge is 0.497 e. The Morgan fingerprint density at radius 2 is 1.83 bits per heavy atom. The Morgan fingerprint density at radius 3 is 2.60 bits per heavy atom. The van der Waals surface area contributed by atoms with Gasteiger partial charge in [-0.1, -0.05) is 36.4 Å². The van der Waals surface area contributed by atoms with E-state index < -0.39 is 0 Å². The monoisotopic (exact) mass is 403 g/mol. The van der Waals surface area contributed by atoms with E-state index in [1.54, 1.807) is 14.2 Å². The topological polar surface area (TPSA) is 74.3 Å². The van der Waals surface area contributed by atoms with Crippen molar-refractivity contribution in [2.45, 2.75) is 13.1 Å². The number of ether oxygens (including phenoxy) is 1. The molecular weight excluding hydrogens is 382 g/mol. The minimum atomic E-state index is -0.374. The van der Waals surface area contributed by atoms with Crippen LogP contribution in [0.25, 0.3) is 11.2 Å². The van der Waals surface area contributed by atoms with E-state index in [0.717, 1.165) is 17.0 Å². The summed E-state index contributed by atoms with van der Waals surface area (Å²) >= 11 is 0. The number of fused-ring (bicyclic) bond motifs is 3. The predicted octanol–water partition coefficient (Wildman–Crippen LogP) is 2.11. The molecule has 3 heterocycles. The molecule has 0 spiro atoms. The summed E-state index contributed by atoms with van der Waals surface area (Å²) in [6, 6.07) is 17.2. The number of hydrogen-bond acceptors (Lipinski definition) is 5. The van der Waals surface area contributed by atoms with Gasteiger partial charge in [-0.15, -0.1) is 0 Å². The fourth-order valence-electron chi connectivity index (χ4n) is 4.01. The van der Waals surface area contributed by atoms with Crippen LogP contribution >= 0.6 is 0 Å². The van der Waals surface area contributed by atoms with Gasteiger partial charge in [-0.2, -0.15) is 4.98 Å². The van der Waals surface area contributed by atoms with Crippen molar-refractivity contribution in [3.05, 3.63) is 81.0 Å². The normalized spacial score (nSPS) is 13.1. The first-order chi connectivity index (χ1) is 14.6. The zero-order valence-corrected chi connectivity index (χ0v) is 16.8.